The van der Waals surface area contributed by atoms with Crippen LogP contribution in [0.4, 0.5) is 5.13 Å². The molecule has 0 bridgehead atoms. The minimum absolute atomic E-state index is 0.458. The molecule has 6 heteroatoms. The van der Waals surface area contributed by atoms with Crippen molar-refractivity contribution in [2.75, 3.05) is 25.2 Å². The first-order chi connectivity index (χ1) is 7.19. The molecular formula is C9H16BrN3OS. The van der Waals surface area contributed by atoms with Gasteiger partial charge in [0.1, 0.15) is 0 Å². The van der Waals surface area contributed by atoms with Crippen LogP contribution in [0.3, 0.4) is 0 Å². The number of aromatic nitrogens is 2. The third-order valence-electron chi connectivity index (χ3n) is 2.29. The maximum atomic E-state index is 5.10. The molecule has 0 aliphatic rings. The van der Waals surface area contributed by atoms with Crippen molar-refractivity contribution in [3.8, 4) is 0 Å². The van der Waals surface area contributed by atoms with Crippen LogP contribution in [-0.2, 0) is 4.74 Å². The lowest BCUT2D eigenvalue weighted by atomic mass is 10.2. The highest BCUT2D eigenvalue weighted by Crippen LogP contribution is 2.26. The summed E-state index contributed by atoms with van der Waals surface area (Å²) in [5.41, 5.74) is 0. The molecule has 0 aliphatic heterocycles. The van der Waals surface area contributed by atoms with Gasteiger partial charge in [-0.3, -0.25) is 0 Å². The molecule has 0 fully saturated rings. The lowest BCUT2D eigenvalue weighted by Gasteiger charge is -2.27. The molecule has 0 amide bonds. The molecule has 0 spiro atoms. The van der Waals surface area contributed by atoms with Crippen molar-refractivity contribution < 1.29 is 4.74 Å². The number of anilines is 1. The fourth-order valence-corrected chi connectivity index (χ4v) is 2.44. The lowest BCUT2D eigenvalue weighted by Crippen LogP contribution is -2.35. The van der Waals surface area contributed by atoms with Crippen LogP contribution in [0.1, 0.15) is 20.3 Å². The summed E-state index contributed by atoms with van der Waals surface area (Å²) in [6.45, 7) is 5.92. The monoisotopic (exact) mass is 293 g/mol. The van der Waals surface area contributed by atoms with Crippen molar-refractivity contribution in [1.29, 1.82) is 0 Å². The molecular weight excluding hydrogens is 278 g/mol. The largest absolute Gasteiger partial charge is 0.383 e. The number of ether oxygens (including phenoxy) is 1. The second-order valence-corrected chi connectivity index (χ2v) is 5.51. The van der Waals surface area contributed by atoms with Crippen molar-refractivity contribution in [2.24, 2.45) is 0 Å². The Morgan fingerprint density at radius 3 is 2.73 bits per heavy atom. The van der Waals surface area contributed by atoms with Gasteiger partial charge in [-0.25, -0.2) is 0 Å². The van der Waals surface area contributed by atoms with Gasteiger partial charge in [-0.1, -0.05) is 18.3 Å². The van der Waals surface area contributed by atoms with Crippen LogP contribution in [0, 0.1) is 0 Å². The smallest absolute Gasteiger partial charge is 0.209 e. The summed E-state index contributed by atoms with van der Waals surface area (Å²) in [6, 6.07) is 0.458. The third kappa shape index (κ3) is 3.70. The molecule has 1 unspecified atom stereocenters. The zero-order chi connectivity index (χ0) is 11.3. The summed E-state index contributed by atoms with van der Waals surface area (Å²) < 4.78 is 5.92. The summed E-state index contributed by atoms with van der Waals surface area (Å²) in [7, 11) is 1.71. The quantitative estimate of drug-likeness (QED) is 0.808. The molecule has 86 valence electrons. The fraction of sp³-hybridized carbons (Fsp3) is 0.778. The van der Waals surface area contributed by atoms with Gasteiger partial charge in [0.2, 0.25) is 5.13 Å². The van der Waals surface area contributed by atoms with Crippen molar-refractivity contribution in [3.05, 3.63) is 3.92 Å². The highest BCUT2D eigenvalue weighted by atomic mass is 79.9. The van der Waals surface area contributed by atoms with E-state index < -0.39 is 0 Å². The molecule has 4 nitrogen and oxygen atoms in total. The molecule has 15 heavy (non-hydrogen) atoms. The summed E-state index contributed by atoms with van der Waals surface area (Å²) in [5.74, 6) is 0. The van der Waals surface area contributed by atoms with Crippen LogP contribution in [0.2, 0.25) is 0 Å². The van der Waals surface area contributed by atoms with E-state index in [1.54, 1.807) is 18.4 Å². The molecule has 1 aromatic heterocycles. The van der Waals surface area contributed by atoms with E-state index in [-0.39, 0.29) is 0 Å². The Hall–Kier alpha value is -0.200. The van der Waals surface area contributed by atoms with E-state index in [9.17, 15) is 0 Å². The first-order valence-electron chi connectivity index (χ1n) is 4.93. The van der Waals surface area contributed by atoms with Crippen LogP contribution < -0.4 is 4.90 Å². The molecule has 0 N–H and O–H groups in total. The van der Waals surface area contributed by atoms with E-state index in [1.165, 1.54) is 0 Å². The van der Waals surface area contributed by atoms with Crippen LogP contribution in [0.25, 0.3) is 0 Å². The van der Waals surface area contributed by atoms with Crippen molar-refractivity contribution in [1.82, 2.24) is 10.2 Å². The molecule has 1 aromatic rings. The highest BCUT2D eigenvalue weighted by molar-refractivity contribution is 9.11. The summed E-state index contributed by atoms with van der Waals surface area (Å²) >= 11 is 4.88. The number of nitrogens with zero attached hydrogens (tertiary/aromatic N) is 3. The Morgan fingerprint density at radius 2 is 2.27 bits per heavy atom. The van der Waals surface area contributed by atoms with Crippen LogP contribution in [-0.4, -0.2) is 36.5 Å². The fourth-order valence-electron chi connectivity index (χ4n) is 1.23. The van der Waals surface area contributed by atoms with E-state index >= 15 is 0 Å². The maximum Gasteiger partial charge on any atom is 0.209 e. The van der Waals surface area contributed by atoms with Gasteiger partial charge >= 0.3 is 0 Å². The van der Waals surface area contributed by atoms with E-state index in [1.807, 2.05) is 0 Å². The Balaban J connectivity index is 2.71. The van der Waals surface area contributed by atoms with E-state index in [4.69, 9.17) is 4.74 Å². The second-order valence-electron chi connectivity index (χ2n) is 3.28. The average molecular weight is 294 g/mol. The Kier molecular flexibility index (Phi) is 5.49. The van der Waals surface area contributed by atoms with E-state index in [0.29, 0.717) is 12.6 Å². The van der Waals surface area contributed by atoms with Gasteiger partial charge in [0.15, 0.2) is 3.92 Å². The lowest BCUT2D eigenvalue weighted by molar-refractivity contribution is 0.203. The third-order valence-corrected chi connectivity index (χ3v) is 3.69. The zero-order valence-electron chi connectivity index (χ0n) is 9.23. The molecule has 0 aromatic carbocycles. The summed E-state index contributed by atoms with van der Waals surface area (Å²) in [6.07, 6.45) is 1.08. The molecule has 0 aliphatic carbocycles. The zero-order valence-corrected chi connectivity index (χ0v) is 11.6. The molecule has 1 atom stereocenters. The van der Waals surface area contributed by atoms with Crippen molar-refractivity contribution in [3.63, 3.8) is 0 Å². The molecule has 0 radical (unpaired) electrons. The van der Waals surface area contributed by atoms with Gasteiger partial charge in [-0.15, -0.1) is 10.2 Å². The van der Waals surface area contributed by atoms with Gasteiger partial charge in [-0.05, 0) is 29.3 Å². The highest BCUT2D eigenvalue weighted by Gasteiger charge is 2.16. The van der Waals surface area contributed by atoms with E-state index in [0.717, 1.165) is 22.0 Å². The number of methoxy groups -OCH3 is 1. The molecule has 1 rings (SSSR count). The van der Waals surface area contributed by atoms with Gasteiger partial charge in [0.05, 0.1) is 6.61 Å². The minimum Gasteiger partial charge on any atom is -0.383 e. The maximum absolute atomic E-state index is 5.10. The number of hydrogen-bond donors (Lipinski definition) is 0. The number of halogens is 1. The van der Waals surface area contributed by atoms with Gasteiger partial charge < -0.3 is 9.64 Å². The van der Waals surface area contributed by atoms with Gasteiger partial charge in [-0.2, -0.15) is 0 Å². The second kappa shape index (κ2) is 6.40. The van der Waals surface area contributed by atoms with Crippen LogP contribution in [0.15, 0.2) is 3.92 Å². The average Bonchev–Trinajstić information content (AvgIpc) is 2.65. The standard InChI is InChI=1S/C9H16BrN3OS/c1-4-7(2)13(5-6-14-3)9-12-11-8(10)15-9/h7H,4-6H2,1-3H3. The Morgan fingerprint density at radius 1 is 1.53 bits per heavy atom. The van der Waals surface area contributed by atoms with Gasteiger partial charge in [0, 0.05) is 19.7 Å². The van der Waals surface area contributed by atoms with Gasteiger partial charge in [0.25, 0.3) is 0 Å². The first-order valence-corrected chi connectivity index (χ1v) is 6.54. The summed E-state index contributed by atoms with van der Waals surface area (Å²) in [4.78, 5) is 2.23. The minimum atomic E-state index is 0.458. The number of rotatable bonds is 6. The normalized spacial score (nSPS) is 12.8. The van der Waals surface area contributed by atoms with E-state index in [2.05, 4.69) is 44.9 Å². The molecule has 0 saturated carbocycles. The molecule has 1 heterocycles. The predicted octanol–water partition coefficient (Wildman–Crippen LogP) is 2.55. The first kappa shape index (κ1) is 12.9. The van der Waals surface area contributed by atoms with Crippen LogP contribution >= 0.6 is 27.3 Å². The van der Waals surface area contributed by atoms with Crippen molar-refractivity contribution in [2.45, 2.75) is 26.3 Å². The van der Waals surface area contributed by atoms with Crippen LogP contribution in [0.5, 0.6) is 0 Å². The summed E-state index contributed by atoms with van der Waals surface area (Å²) in [5, 5.41) is 9.05. The topological polar surface area (TPSA) is 38.2 Å². The van der Waals surface area contributed by atoms with Crippen molar-refractivity contribution >= 4 is 32.4 Å². The predicted molar refractivity (Wildman–Crippen MR) is 66.6 cm³/mol. The SMILES string of the molecule is CCC(C)N(CCOC)c1nnc(Br)s1. The Labute approximate surface area is 103 Å². The number of hydrogen-bond acceptors (Lipinski definition) is 5. The Bertz CT molecular complexity index is 295. The molecule has 0 saturated heterocycles.